The molecule has 0 fully saturated rings. The molecular weight excluding hydrogens is 456 g/mol. The first-order valence-electron chi connectivity index (χ1n) is 5.88. The Hall–Kier alpha value is 0.250. The number of aromatic nitrogens is 1. The summed E-state index contributed by atoms with van der Waals surface area (Å²) >= 11 is 12.3. The summed E-state index contributed by atoms with van der Waals surface area (Å²) in [6.07, 6.45) is 2.74. The molecule has 1 N–H and O–H groups in total. The molecule has 2 aromatic heterocycles. The van der Waals surface area contributed by atoms with Crippen molar-refractivity contribution < 1.29 is 0 Å². The Morgan fingerprint density at radius 3 is 2.63 bits per heavy atom. The number of nitrogens with one attached hydrogen (secondary N) is 1. The number of thiophene rings is 1. The van der Waals surface area contributed by atoms with Crippen molar-refractivity contribution in [3.05, 3.63) is 47.7 Å². The van der Waals surface area contributed by atoms with Crippen molar-refractivity contribution in [2.24, 2.45) is 0 Å². The average Bonchev–Trinajstić information content (AvgIpc) is 2.72. The molecule has 0 aliphatic carbocycles. The standard InChI is InChI=1S/C13H13Br3N2S/c1-2-17-11(12-6-10(15)13(16)19-12)5-9-4-3-8(14)7-18-9/h3-4,6-7,11,17H,2,5H2,1H3. The molecule has 0 saturated heterocycles. The van der Waals surface area contributed by atoms with Gasteiger partial charge in [-0.25, -0.2) is 0 Å². The molecule has 0 amide bonds. The van der Waals surface area contributed by atoms with E-state index in [1.54, 1.807) is 11.3 Å². The van der Waals surface area contributed by atoms with E-state index in [2.05, 4.69) is 77.1 Å². The molecule has 1 atom stereocenters. The Bertz CT molecular complexity index is 520. The van der Waals surface area contributed by atoms with Gasteiger partial charge in [-0.05, 0) is 72.5 Å². The van der Waals surface area contributed by atoms with Crippen molar-refractivity contribution in [2.45, 2.75) is 19.4 Å². The summed E-state index contributed by atoms with van der Waals surface area (Å²) in [4.78, 5) is 5.76. The predicted octanol–water partition coefficient (Wildman–Crippen LogP) is 5.32. The van der Waals surface area contributed by atoms with E-state index in [4.69, 9.17) is 0 Å². The molecule has 1 unspecified atom stereocenters. The fraction of sp³-hybridized carbons (Fsp3) is 0.308. The monoisotopic (exact) mass is 466 g/mol. The largest absolute Gasteiger partial charge is 0.309 e. The second kappa shape index (κ2) is 7.31. The number of hydrogen-bond acceptors (Lipinski definition) is 3. The van der Waals surface area contributed by atoms with Crippen molar-refractivity contribution in [1.82, 2.24) is 10.3 Å². The first kappa shape index (κ1) is 15.6. The number of halogens is 3. The van der Waals surface area contributed by atoms with Crippen molar-refractivity contribution in [1.29, 1.82) is 0 Å². The van der Waals surface area contributed by atoms with Crippen LogP contribution >= 0.6 is 59.1 Å². The molecule has 2 nitrogen and oxygen atoms in total. The number of hydrogen-bond donors (Lipinski definition) is 1. The molecule has 0 aliphatic rings. The topological polar surface area (TPSA) is 24.9 Å². The number of likely N-dealkylation sites (N-methyl/N-ethyl adjacent to an activating group) is 1. The summed E-state index contributed by atoms with van der Waals surface area (Å²) in [6.45, 7) is 3.06. The third-order valence-electron chi connectivity index (χ3n) is 2.66. The molecule has 2 rings (SSSR count). The number of nitrogens with zero attached hydrogens (tertiary/aromatic N) is 1. The second-order valence-electron chi connectivity index (χ2n) is 4.05. The van der Waals surface area contributed by atoms with E-state index in [-0.39, 0.29) is 0 Å². The van der Waals surface area contributed by atoms with Crippen molar-refractivity contribution in [2.75, 3.05) is 6.54 Å². The highest BCUT2D eigenvalue weighted by atomic mass is 79.9. The fourth-order valence-electron chi connectivity index (χ4n) is 1.79. The molecule has 0 aromatic carbocycles. The van der Waals surface area contributed by atoms with Crippen LogP contribution in [0.2, 0.25) is 0 Å². The van der Waals surface area contributed by atoms with Gasteiger partial charge in [-0.15, -0.1) is 11.3 Å². The van der Waals surface area contributed by atoms with Gasteiger partial charge in [0.2, 0.25) is 0 Å². The lowest BCUT2D eigenvalue weighted by atomic mass is 10.1. The lowest BCUT2D eigenvalue weighted by molar-refractivity contribution is 0.552. The zero-order valence-corrected chi connectivity index (χ0v) is 15.9. The van der Waals surface area contributed by atoms with Crippen LogP contribution in [0.15, 0.2) is 37.1 Å². The maximum Gasteiger partial charge on any atom is 0.0843 e. The van der Waals surface area contributed by atoms with E-state index in [9.17, 15) is 0 Å². The van der Waals surface area contributed by atoms with E-state index in [1.165, 1.54) is 4.88 Å². The highest BCUT2D eigenvalue weighted by Gasteiger charge is 2.16. The number of pyridine rings is 1. The molecule has 0 bridgehead atoms. The van der Waals surface area contributed by atoms with Gasteiger partial charge in [0.25, 0.3) is 0 Å². The van der Waals surface area contributed by atoms with Crippen LogP contribution in [-0.4, -0.2) is 11.5 Å². The summed E-state index contributed by atoms with van der Waals surface area (Å²) in [5.74, 6) is 0. The minimum absolute atomic E-state index is 0.297. The van der Waals surface area contributed by atoms with Crippen LogP contribution in [0.25, 0.3) is 0 Å². The first-order valence-corrected chi connectivity index (χ1v) is 9.08. The average molecular weight is 469 g/mol. The van der Waals surface area contributed by atoms with Crippen molar-refractivity contribution in [3.63, 3.8) is 0 Å². The Labute approximate surface area is 142 Å². The third kappa shape index (κ3) is 4.36. The van der Waals surface area contributed by atoms with Gasteiger partial charge in [-0.3, -0.25) is 4.98 Å². The Morgan fingerprint density at radius 1 is 1.32 bits per heavy atom. The maximum atomic E-state index is 4.45. The maximum absolute atomic E-state index is 4.45. The molecular formula is C13H13Br3N2S. The summed E-state index contributed by atoms with van der Waals surface area (Å²) in [6, 6.07) is 6.56. The van der Waals surface area contributed by atoms with Crippen LogP contribution < -0.4 is 5.32 Å². The molecule has 19 heavy (non-hydrogen) atoms. The molecule has 0 saturated carbocycles. The third-order valence-corrected chi connectivity index (χ3v) is 6.50. The van der Waals surface area contributed by atoms with Gasteiger partial charge in [0.15, 0.2) is 0 Å². The SMILES string of the molecule is CCNC(Cc1ccc(Br)cn1)c1cc(Br)c(Br)s1. The van der Waals surface area contributed by atoms with E-state index in [0.717, 1.165) is 31.4 Å². The quantitative estimate of drug-likeness (QED) is 0.642. The summed E-state index contributed by atoms with van der Waals surface area (Å²) in [5, 5.41) is 3.52. The highest BCUT2D eigenvalue weighted by Crippen LogP contribution is 2.36. The van der Waals surface area contributed by atoms with Gasteiger partial charge < -0.3 is 5.32 Å². The second-order valence-corrected chi connectivity index (χ2v) is 8.22. The predicted molar refractivity (Wildman–Crippen MR) is 91.8 cm³/mol. The lowest BCUT2D eigenvalue weighted by Gasteiger charge is -2.15. The minimum Gasteiger partial charge on any atom is -0.309 e. The van der Waals surface area contributed by atoms with Gasteiger partial charge in [-0.1, -0.05) is 6.92 Å². The van der Waals surface area contributed by atoms with Crippen molar-refractivity contribution in [3.8, 4) is 0 Å². The molecule has 0 aliphatic heterocycles. The smallest absolute Gasteiger partial charge is 0.0843 e. The first-order chi connectivity index (χ1) is 9.10. The van der Waals surface area contributed by atoms with Gasteiger partial charge >= 0.3 is 0 Å². The molecule has 2 aromatic rings. The Morgan fingerprint density at radius 2 is 2.11 bits per heavy atom. The minimum atomic E-state index is 0.297. The molecule has 0 radical (unpaired) electrons. The summed E-state index contributed by atoms with van der Waals surface area (Å²) in [5.41, 5.74) is 1.09. The van der Waals surface area contributed by atoms with Gasteiger partial charge in [0.1, 0.15) is 0 Å². The molecule has 2 heterocycles. The van der Waals surface area contributed by atoms with Crippen LogP contribution in [0.4, 0.5) is 0 Å². The summed E-state index contributed by atoms with van der Waals surface area (Å²) in [7, 11) is 0. The fourth-order valence-corrected chi connectivity index (χ4v) is 4.19. The Balaban J connectivity index is 2.18. The number of rotatable bonds is 5. The van der Waals surface area contributed by atoms with Crippen LogP contribution in [0.1, 0.15) is 23.5 Å². The van der Waals surface area contributed by atoms with E-state index >= 15 is 0 Å². The van der Waals surface area contributed by atoms with Crippen LogP contribution in [0, 0.1) is 0 Å². The Kier molecular flexibility index (Phi) is 6.02. The zero-order chi connectivity index (χ0) is 13.8. The zero-order valence-electron chi connectivity index (χ0n) is 10.3. The van der Waals surface area contributed by atoms with Gasteiger partial charge in [0.05, 0.1) is 3.79 Å². The van der Waals surface area contributed by atoms with E-state index in [0.29, 0.717) is 6.04 Å². The van der Waals surface area contributed by atoms with Crippen LogP contribution in [0.3, 0.4) is 0 Å². The van der Waals surface area contributed by atoms with Crippen molar-refractivity contribution >= 4 is 59.1 Å². The summed E-state index contributed by atoms with van der Waals surface area (Å²) < 4.78 is 3.26. The molecule has 6 heteroatoms. The van der Waals surface area contributed by atoms with Gasteiger partial charge in [-0.2, -0.15) is 0 Å². The van der Waals surface area contributed by atoms with Crippen LogP contribution in [0.5, 0.6) is 0 Å². The van der Waals surface area contributed by atoms with Gasteiger partial charge in [0, 0.05) is 38.2 Å². The molecule has 102 valence electrons. The van der Waals surface area contributed by atoms with Crippen LogP contribution in [-0.2, 0) is 6.42 Å². The van der Waals surface area contributed by atoms with E-state index < -0.39 is 0 Å². The molecule has 0 spiro atoms. The lowest BCUT2D eigenvalue weighted by Crippen LogP contribution is -2.22. The highest BCUT2D eigenvalue weighted by molar-refractivity contribution is 9.13. The van der Waals surface area contributed by atoms with E-state index in [1.807, 2.05) is 12.3 Å². The normalized spacial score (nSPS) is 12.6.